The molecule has 0 fully saturated rings. The zero-order valence-electron chi connectivity index (χ0n) is 25.5. The van der Waals surface area contributed by atoms with Gasteiger partial charge in [0.15, 0.2) is 0 Å². The zero-order chi connectivity index (χ0) is 29.8. The second kappa shape index (κ2) is 11.7. The van der Waals surface area contributed by atoms with E-state index in [2.05, 4.69) is 124 Å². The van der Waals surface area contributed by atoms with Gasteiger partial charge >= 0.3 is 272 Å². The third kappa shape index (κ3) is 5.11. The number of fused-ring (bicyclic) bond motifs is 2. The first kappa shape index (κ1) is 31.0. The molecule has 4 aromatic rings. The van der Waals surface area contributed by atoms with E-state index in [1.165, 1.54) is 54.3 Å². The van der Waals surface area contributed by atoms with Crippen LogP contribution in [0, 0.1) is 11.8 Å². The Hall–Kier alpha value is -1.00. The monoisotopic (exact) mass is 725 g/mol. The Balaban J connectivity index is 1.62. The predicted molar refractivity (Wildman–Crippen MR) is 190 cm³/mol. The standard InChI is InChI=1S/2C17H17S.C2H7Si.2ClH.Zr/c2*1-12(2)9-13-10-14-5-3-6-15(16(14)11-13)17-7-4-8-18-17;1-3-2;;;/h2*3-8,10-12H,9H2,1-2H3;3H,1-2H3;2*1H;/q;;;;;+2/p-2. The summed E-state index contributed by atoms with van der Waals surface area (Å²) in [7, 11) is 17.3. The van der Waals surface area contributed by atoms with E-state index in [1.807, 2.05) is 22.7 Å². The molecule has 0 N–H and O–H groups in total. The number of benzene rings is 2. The molecule has 0 nitrogen and oxygen atoms in total. The summed E-state index contributed by atoms with van der Waals surface area (Å²) in [5.74, 6) is -0.530. The Morgan fingerprint density at radius 2 is 1.10 bits per heavy atom. The van der Waals surface area contributed by atoms with Gasteiger partial charge in [0, 0.05) is 0 Å². The van der Waals surface area contributed by atoms with Crippen LogP contribution in [0.25, 0.3) is 33.0 Å². The molecule has 2 aromatic heterocycles. The summed E-state index contributed by atoms with van der Waals surface area (Å²) in [5, 5.41) is 4.36. The Morgan fingerprint density at radius 3 is 1.43 bits per heavy atom. The fourth-order valence-electron chi connectivity index (χ4n) is 7.65. The van der Waals surface area contributed by atoms with Crippen LogP contribution < -0.4 is 0 Å². The van der Waals surface area contributed by atoms with Crippen LogP contribution >= 0.6 is 39.7 Å². The molecule has 2 unspecified atom stereocenters. The van der Waals surface area contributed by atoms with Crippen molar-refractivity contribution < 1.29 is 15.6 Å². The molecule has 0 aliphatic heterocycles. The van der Waals surface area contributed by atoms with Crippen molar-refractivity contribution in [1.82, 2.24) is 0 Å². The molecule has 0 spiro atoms. The van der Waals surface area contributed by atoms with Crippen molar-refractivity contribution in [2.24, 2.45) is 11.8 Å². The maximum atomic E-state index is 8.67. The molecule has 0 bridgehead atoms. The van der Waals surface area contributed by atoms with Crippen LogP contribution in [0.15, 0.2) is 82.6 Å². The molecule has 2 aromatic carbocycles. The summed E-state index contributed by atoms with van der Waals surface area (Å²) in [4.78, 5) is 2.64. The number of hydrogen-bond acceptors (Lipinski definition) is 2. The number of halogens is 2. The molecule has 2 aliphatic rings. The van der Waals surface area contributed by atoms with E-state index in [0.717, 1.165) is 12.8 Å². The summed E-state index contributed by atoms with van der Waals surface area (Å²) in [6.45, 7) is 14.3. The van der Waals surface area contributed by atoms with Crippen molar-refractivity contribution in [3.05, 3.63) is 105 Å². The molecule has 219 valence electrons. The molecule has 6 rings (SSSR count). The molecule has 6 heteroatoms. The number of allylic oxidation sites excluding steroid dienone is 2. The fourth-order valence-corrected chi connectivity index (χ4v) is 40.6. The quantitative estimate of drug-likeness (QED) is 0.151. The SMILES string of the molecule is CC(C)CC1=Cc2c(-c3cccs3)cccc2[CH]1[Zr]([Cl])([Cl])([CH]1C(CC(C)C)=Cc2c(-c3cccs3)cccc21)[SiH](C)C. The van der Waals surface area contributed by atoms with E-state index in [-0.39, 0.29) is 7.25 Å². The van der Waals surface area contributed by atoms with E-state index in [9.17, 15) is 0 Å². The van der Waals surface area contributed by atoms with Crippen LogP contribution in [0.5, 0.6) is 0 Å². The first-order valence-electron chi connectivity index (χ1n) is 15.3. The Morgan fingerprint density at radius 1 is 0.667 bits per heavy atom. The number of rotatable bonds is 9. The van der Waals surface area contributed by atoms with Crippen molar-refractivity contribution in [3.8, 4) is 20.9 Å². The van der Waals surface area contributed by atoms with Gasteiger partial charge in [-0.15, -0.1) is 0 Å². The van der Waals surface area contributed by atoms with Gasteiger partial charge in [0.2, 0.25) is 0 Å². The number of thiophene rings is 2. The van der Waals surface area contributed by atoms with Gasteiger partial charge in [-0.2, -0.15) is 0 Å². The molecule has 2 aliphatic carbocycles. The van der Waals surface area contributed by atoms with E-state index in [1.54, 1.807) is 0 Å². The summed E-state index contributed by atoms with van der Waals surface area (Å²) in [6.07, 6.45) is 7.08. The van der Waals surface area contributed by atoms with Crippen molar-refractivity contribution in [2.75, 3.05) is 0 Å². The van der Waals surface area contributed by atoms with Crippen LogP contribution in [-0.2, 0) is 15.6 Å². The van der Waals surface area contributed by atoms with Gasteiger partial charge in [-0.1, -0.05) is 0 Å². The Kier molecular flexibility index (Phi) is 8.66. The molecule has 0 saturated heterocycles. The second-order valence-corrected chi connectivity index (χ2v) is 57.9. The van der Waals surface area contributed by atoms with Crippen LogP contribution in [0.2, 0.25) is 13.1 Å². The molecule has 2 heterocycles. The first-order valence-corrected chi connectivity index (χ1v) is 33.4. The van der Waals surface area contributed by atoms with E-state index >= 15 is 0 Å². The average molecular weight is 728 g/mol. The second-order valence-electron chi connectivity index (χ2n) is 13.5. The van der Waals surface area contributed by atoms with E-state index in [0.29, 0.717) is 11.8 Å². The van der Waals surface area contributed by atoms with Crippen LogP contribution in [0.4, 0.5) is 0 Å². The van der Waals surface area contributed by atoms with Gasteiger partial charge in [0.1, 0.15) is 0 Å². The van der Waals surface area contributed by atoms with Crippen molar-refractivity contribution >= 4 is 57.8 Å². The zero-order valence-corrected chi connectivity index (χ0v) is 32.2. The number of hydrogen-bond donors (Lipinski definition) is 0. The van der Waals surface area contributed by atoms with E-state index in [4.69, 9.17) is 17.0 Å². The van der Waals surface area contributed by atoms with Gasteiger partial charge < -0.3 is 0 Å². The Bertz CT molecular complexity index is 1540. The summed E-state index contributed by atoms with van der Waals surface area (Å²) < 4.78 is 0.270. The minimum atomic E-state index is -4.79. The van der Waals surface area contributed by atoms with Gasteiger partial charge in [0.05, 0.1) is 0 Å². The van der Waals surface area contributed by atoms with Crippen LogP contribution in [0.3, 0.4) is 0 Å². The summed E-state index contributed by atoms with van der Waals surface area (Å²) in [6, 6.07) is 22.6. The van der Waals surface area contributed by atoms with Crippen molar-refractivity contribution in [3.63, 3.8) is 0 Å². The minimum absolute atomic E-state index is 0.135. The van der Waals surface area contributed by atoms with Gasteiger partial charge in [-0.05, 0) is 0 Å². The molecule has 0 amide bonds. The normalized spacial score (nSPS) is 19.2. The molecule has 2 atom stereocenters. The first-order chi connectivity index (χ1) is 20.0. The fraction of sp³-hybridized carbons (Fsp3) is 0.333. The van der Waals surface area contributed by atoms with Crippen LogP contribution in [-0.4, -0.2) is 5.92 Å². The van der Waals surface area contributed by atoms with Gasteiger partial charge in [-0.25, -0.2) is 0 Å². The predicted octanol–water partition coefficient (Wildman–Crippen LogP) is 12.8. The molecular formula is C36H41Cl2S2SiZr. The van der Waals surface area contributed by atoms with Gasteiger partial charge in [-0.3, -0.25) is 0 Å². The maximum absolute atomic E-state index is 8.67. The summed E-state index contributed by atoms with van der Waals surface area (Å²) in [5.41, 5.74) is 11.1. The molecule has 42 heavy (non-hydrogen) atoms. The van der Waals surface area contributed by atoms with Crippen LogP contribution in [0.1, 0.15) is 70.0 Å². The average Bonchev–Trinajstić information content (AvgIpc) is 3.73. The van der Waals surface area contributed by atoms with Crippen molar-refractivity contribution in [1.29, 1.82) is 0 Å². The molecule has 0 saturated carbocycles. The Labute approximate surface area is 269 Å². The molecular weight excluding hydrogens is 687 g/mol. The summed E-state index contributed by atoms with van der Waals surface area (Å²) >= 11 is -1.15. The third-order valence-corrected chi connectivity index (χ3v) is 63.0. The van der Waals surface area contributed by atoms with E-state index < -0.39 is 21.5 Å². The topological polar surface area (TPSA) is 0 Å². The van der Waals surface area contributed by atoms with Crippen molar-refractivity contribution in [2.45, 2.75) is 60.9 Å². The molecule has 0 radical (unpaired) electrons. The third-order valence-electron chi connectivity index (χ3n) is 9.37. The van der Waals surface area contributed by atoms with Gasteiger partial charge in [0.25, 0.3) is 0 Å².